The van der Waals surface area contributed by atoms with Crippen LogP contribution in [0.3, 0.4) is 0 Å². The van der Waals surface area contributed by atoms with Crippen LogP contribution < -0.4 is 15.4 Å². The SMILES string of the molecule is O=C(COc1ccccc1CNC1CC1)NC1CC1. The average molecular weight is 260 g/mol. The lowest BCUT2D eigenvalue weighted by atomic mass is 10.2. The normalized spacial score (nSPS) is 18.1. The molecule has 0 saturated heterocycles. The molecule has 0 heterocycles. The molecule has 2 saturated carbocycles. The first-order chi connectivity index (χ1) is 9.31. The van der Waals surface area contributed by atoms with Crippen molar-refractivity contribution < 1.29 is 9.53 Å². The highest BCUT2D eigenvalue weighted by Gasteiger charge is 2.23. The van der Waals surface area contributed by atoms with Crippen LogP contribution in [-0.2, 0) is 11.3 Å². The maximum atomic E-state index is 11.6. The molecule has 1 amide bonds. The lowest BCUT2D eigenvalue weighted by molar-refractivity contribution is -0.123. The molecule has 2 aliphatic carbocycles. The molecule has 19 heavy (non-hydrogen) atoms. The molecule has 0 atom stereocenters. The van der Waals surface area contributed by atoms with Gasteiger partial charge in [-0.25, -0.2) is 0 Å². The predicted molar refractivity (Wildman–Crippen MR) is 73.0 cm³/mol. The van der Waals surface area contributed by atoms with Crippen molar-refractivity contribution in [2.75, 3.05) is 6.61 Å². The summed E-state index contributed by atoms with van der Waals surface area (Å²) in [5.41, 5.74) is 1.12. The van der Waals surface area contributed by atoms with E-state index in [-0.39, 0.29) is 12.5 Å². The zero-order valence-corrected chi connectivity index (χ0v) is 11.0. The molecule has 2 N–H and O–H groups in total. The second-order valence-electron chi connectivity index (χ2n) is 5.39. The number of nitrogens with one attached hydrogen (secondary N) is 2. The Hall–Kier alpha value is -1.55. The van der Waals surface area contributed by atoms with Crippen LogP contribution in [0.2, 0.25) is 0 Å². The van der Waals surface area contributed by atoms with Gasteiger partial charge in [0.25, 0.3) is 5.91 Å². The summed E-state index contributed by atoms with van der Waals surface area (Å²) in [6.45, 7) is 0.919. The molecular weight excluding hydrogens is 240 g/mol. The molecule has 2 fully saturated rings. The molecule has 1 aromatic carbocycles. The van der Waals surface area contributed by atoms with Gasteiger partial charge in [-0.1, -0.05) is 18.2 Å². The fourth-order valence-electron chi connectivity index (χ4n) is 1.97. The van der Waals surface area contributed by atoms with E-state index >= 15 is 0 Å². The van der Waals surface area contributed by atoms with Crippen LogP contribution in [0.4, 0.5) is 0 Å². The number of carbonyl (C=O) groups is 1. The van der Waals surface area contributed by atoms with E-state index in [1.807, 2.05) is 24.3 Å². The Labute approximate surface area is 113 Å². The van der Waals surface area contributed by atoms with E-state index in [2.05, 4.69) is 10.6 Å². The van der Waals surface area contributed by atoms with Gasteiger partial charge in [0.15, 0.2) is 6.61 Å². The lowest BCUT2D eigenvalue weighted by Gasteiger charge is -2.12. The van der Waals surface area contributed by atoms with Gasteiger partial charge in [0.05, 0.1) is 0 Å². The minimum absolute atomic E-state index is 0.0209. The Kier molecular flexibility index (Phi) is 3.69. The number of ether oxygens (including phenoxy) is 1. The Morgan fingerprint density at radius 2 is 1.89 bits per heavy atom. The molecule has 3 rings (SSSR count). The quantitative estimate of drug-likeness (QED) is 0.783. The summed E-state index contributed by atoms with van der Waals surface area (Å²) < 4.78 is 5.63. The molecule has 0 unspecified atom stereocenters. The number of para-hydroxylation sites is 1. The molecule has 4 nitrogen and oxygen atoms in total. The molecule has 4 heteroatoms. The van der Waals surface area contributed by atoms with Gasteiger partial charge in [0.1, 0.15) is 5.75 Å². The maximum absolute atomic E-state index is 11.6. The first-order valence-electron chi connectivity index (χ1n) is 7.05. The monoisotopic (exact) mass is 260 g/mol. The van der Waals surface area contributed by atoms with Crippen molar-refractivity contribution in [3.05, 3.63) is 29.8 Å². The van der Waals surface area contributed by atoms with Crippen LogP contribution in [-0.4, -0.2) is 24.6 Å². The number of hydrogen-bond donors (Lipinski definition) is 2. The number of hydrogen-bond acceptors (Lipinski definition) is 3. The van der Waals surface area contributed by atoms with Crippen molar-refractivity contribution >= 4 is 5.91 Å². The van der Waals surface area contributed by atoms with E-state index in [1.165, 1.54) is 12.8 Å². The molecule has 0 aliphatic heterocycles. The Balaban J connectivity index is 1.51. The standard InChI is InChI=1S/C15H20N2O2/c18-15(17-13-7-8-13)10-19-14-4-2-1-3-11(14)9-16-12-5-6-12/h1-4,12-13,16H,5-10H2,(H,17,18). The third-order valence-corrected chi connectivity index (χ3v) is 3.43. The van der Waals surface area contributed by atoms with E-state index in [9.17, 15) is 4.79 Å². The average Bonchev–Trinajstić information content (AvgIpc) is 3.29. The highest BCUT2D eigenvalue weighted by Crippen LogP contribution is 2.22. The van der Waals surface area contributed by atoms with E-state index < -0.39 is 0 Å². The number of rotatable bonds is 7. The molecule has 102 valence electrons. The molecule has 0 bridgehead atoms. The summed E-state index contributed by atoms with van der Waals surface area (Å²) in [5, 5.41) is 6.39. The summed E-state index contributed by atoms with van der Waals surface area (Å²) in [5.74, 6) is 0.786. The molecule has 0 aromatic heterocycles. The van der Waals surface area contributed by atoms with Crippen molar-refractivity contribution in [1.29, 1.82) is 0 Å². The number of amides is 1. The van der Waals surface area contributed by atoms with Crippen LogP contribution in [0.15, 0.2) is 24.3 Å². The van der Waals surface area contributed by atoms with Crippen LogP contribution in [0.1, 0.15) is 31.2 Å². The van der Waals surface area contributed by atoms with E-state index in [4.69, 9.17) is 4.74 Å². The minimum Gasteiger partial charge on any atom is -0.483 e. The van der Waals surface area contributed by atoms with Gasteiger partial charge >= 0.3 is 0 Å². The van der Waals surface area contributed by atoms with Crippen LogP contribution in [0, 0.1) is 0 Å². The predicted octanol–water partition coefficient (Wildman–Crippen LogP) is 1.60. The van der Waals surface area contributed by atoms with Gasteiger partial charge in [-0.2, -0.15) is 0 Å². The van der Waals surface area contributed by atoms with Crippen LogP contribution in [0.5, 0.6) is 5.75 Å². The van der Waals surface area contributed by atoms with Crippen LogP contribution in [0.25, 0.3) is 0 Å². The zero-order chi connectivity index (χ0) is 13.1. The first kappa shape index (κ1) is 12.5. The van der Waals surface area contributed by atoms with E-state index in [1.54, 1.807) is 0 Å². The fraction of sp³-hybridized carbons (Fsp3) is 0.533. The van der Waals surface area contributed by atoms with Gasteiger partial charge in [0.2, 0.25) is 0 Å². The topological polar surface area (TPSA) is 50.4 Å². The largest absolute Gasteiger partial charge is 0.483 e. The molecule has 0 spiro atoms. The summed E-state index contributed by atoms with van der Waals surface area (Å²) in [6, 6.07) is 8.97. The smallest absolute Gasteiger partial charge is 0.258 e. The number of benzene rings is 1. The third-order valence-electron chi connectivity index (χ3n) is 3.43. The van der Waals surface area contributed by atoms with E-state index in [0.717, 1.165) is 30.7 Å². The number of carbonyl (C=O) groups excluding carboxylic acids is 1. The van der Waals surface area contributed by atoms with E-state index in [0.29, 0.717) is 12.1 Å². The van der Waals surface area contributed by atoms with Crippen molar-refractivity contribution in [1.82, 2.24) is 10.6 Å². The summed E-state index contributed by atoms with van der Waals surface area (Å²) >= 11 is 0. The van der Waals surface area contributed by atoms with Gasteiger partial charge < -0.3 is 15.4 Å². The summed E-state index contributed by atoms with van der Waals surface area (Å²) in [4.78, 5) is 11.6. The Morgan fingerprint density at radius 1 is 1.16 bits per heavy atom. The summed E-state index contributed by atoms with van der Waals surface area (Å²) in [7, 11) is 0. The highest BCUT2D eigenvalue weighted by atomic mass is 16.5. The van der Waals surface area contributed by atoms with Crippen molar-refractivity contribution in [2.45, 2.75) is 44.3 Å². The minimum atomic E-state index is -0.0209. The van der Waals surface area contributed by atoms with Gasteiger partial charge in [-0.15, -0.1) is 0 Å². The third kappa shape index (κ3) is 3.96. The van der Waals surface area contributed by atoms with Gasteiger partial charge in [-0.3, -0.25) is 4.79 Å². The van der Waals surface area contributed by atoms with Gasteiger partial charge in [0, 0.05) is 24.2 Å². The van der Waals surface area contributed by atoms with Crippen molar-refractivity contribution in [3.63, 3.8) is 0 Å². The zero-order valence-electron chi connectivity index (χ0n) is 11.0. The highest BCUT2D eigenvalue weighted by molar-refractivity contribution is 5.78. The molecule has 1 aromatic rings. The lowest BCUT2D eigenvalue weighted by Crippen LogP contribution is -2.30. The Morgan fingerprint density at radius 3 is 2.63 bits per heavy atom. The second kappa shape index (κ2) is 5.61. The second-order valence-corrected chi connectivity index (χ2v) is 5.39. The maximum Gasteiger partial charge on any atom is 0.258 e. The van der Waals surface area contributed by atoms with Crippen molar-refractivity contribution in [2.24, 2.45) is 0 Å². The van der Waals surface area contributed by atoms with Crippen molar-refractivity contribution in [3.8, 4) is 5.75 Å². The molecule has 2 aliphatic rings. The van der Waals surface area contributed by atoms with Crippen LogP contribution >= 0.6 is 0 Å². The van der Waals surface area contributed by atoms with Gasteiger partial charge in [-0.05, 0) is 31.7 Å². The summed E-state index contributed by atoms with van der Waals surface area (Å²) in [6.07, 6.45) is 4.75. The Bertz CT molecular complexity index is 453. The molecular formula is C15H20N2O2. The fourth-order valence-corrected chi connectivity index (χ4v) is 1.97. The first-order valence-corrected chi connectivity index (χ1v) is 7.05. The molecule has 0 radical (unpaired) electrons.